The van der Waals surface area contributed by atoms with Gasteiger partial charge in [-0.2, -0.15) is 0 Å². The molecule has 1 aliphatic heterocycles. The van der Waals surface area contributed by atoms with E-state index in [1.807, 2.05) is 6.92 Å². The second-order valence-corrected chi connectivity index (χ2v) is 7.38. The van der Waals surface area contributed by atoms with Crippen molar-refractivity contribution >= 4 is 29.4 Å². The molecule has 3 aromatic carbocycles. The van der Waals surface area contributed by atoms with Crippen LogP contribution >= 0.6 is 0 Å². The van der Waals surface area contributed by atoms with Gasteiger partial charge in [-0.1, -0.05) is 61.5 Å². The number of carbonyl (C=O) groups is 4. The summed E-state index contributed by atoms with van der Waals surface area (Å²) in [5, 5.41) is 0. The fraction of sp³-hybridized carbons (Fsp3) is 0.154. The zero-order valence-electron chi connectivity index (χ0n) is 17.8. The minimum atomic E-state index is -1.61. The number of anilines is 1. The molecule has 2 amide bonds. The summed E-state index contributed by atoms with van der Waals surface area (Å²) in [7, 11) is 0. The average Bonchev–Trinajstić information content (AvgIpc) is 3.08. The van der Waals surface area contributed by atoms with Crippen LogP contribution in [0.25, 0.3) is 0 Å². The third-order valence-electron chi connectivity index (χ3n) is 5.30. The number of carbonyl (C=O) groups excluding carboxylic acids is 4. The molecule has 2 atom stereocenters. The largest absolute Gasteiger partial charge is 0.444 e. The average molecular weight is 443 g/mol. The molecule has 7 nitrogen and oxygen atoms in total. The van der Waals surface area contributed by atoms with E-state index in [1.54, 1.807) is 60.7 Å². The van der Waals surface area contributed by atoms with Crippen LogP contribution < -0.4 is 4.90 Å². The van der Waals surface area contributed by atoms with E-state index in [4.69, 9.17) is 9.47 Å². The highest BCUT2D eigenvalue weighted by molar-refractivity contribution is 6.25. The van der Waals surface area contributed by atoms with Crippen molar-refractivity contribution < 1.29 is 28.7 Å². The molecule has 0 unspecified atom stereocenters. The van der Waals surface area contributed by atoms with Gasteiger partial charge in [-0.3, -0.25) is 9.59 Å². The summed E-state index contributed by atoms with van der Waals surface area (Å²) in [6.07, 6.45) is -2.65. The summed E-state index contributed by atoms with van der Waals surface area (Å²) in [6, 6.07) is 23.1. The number of benzene rings is 3. The van der Waals surface area contributed by atoms with Crippen LogP contribution in [0.5, 0.6) is 0 Å². The maximum absolute atomic E-state index is 13.3. The zero-order valence-corrected chi connectivity index (χ0v) is 17.8. The third-order valence-corrected chi connectivity index (χ3v) is 5.30. The van der Waals surface area contributed by atoms with Gasteiger partial charge in [0.1, 0.15) is 0 Å². The number of hydrogen-bond donors (Lipinski definition) is 0. The molecular formula is C26H21NO6. The van der Waals surface area contributed by atoms with E-state index in [-0.39, 0.29) is 11.1 Å². The lowest BCUT2D eigenvalue weighted by Gasteiger charge is -2.17. The van der Waals surface area contributed by atoms with Gasteiger partial charge in [0.05, 0.1) is 16.8 Å². The number of esters is 2. The molecule has 7 heteroatoms. The van der Waals surface area contributed by atoms with Crippen molar-refractivity contribution in [2.45, 2.75) is 25.6 Å². The highest BCUT2D eigenvalue weighted by Crippen LogP contribution is 2.30. The molecule has 3 aromatic rings. The van der Waals surface area contributed by atoms with Crippen LogP contribution in [-0.4, -0.2) is 36.0 Å². The van der Waals surface area contributed by atoms with Gasteiger partial charge in [0.2, 0.25) is 12.2 Å². The first kappa shape index (κ1) is 22.0. The first-order valence-electron chi connectivity index (χ1n) is 10.5. The summed E-state index contributed by atoms with van der Waals surface area (Å²) < 4.78 is 10.9. The smallest absolute Gasteiger partial charge is 0.339 e. The molecule has 1 heterocycles. The van der Waals surface area contributed by atoms with Crippen molar-refractivity contribution in [1.29, 1.82) is 0 Å². The highest BCUT2D eigenvalue weighted by Gasteiger charge is 2.53. The van der Waals surface area contributed by atoms with Crippen molar-refractivity contribution in [2.75, 3.05) is 4.90 Å². The number of rotatable bonds is 6. The van der Waals surface area contributed by atoms with E-state index < -0.39 is 36.0 Å². The van der Waals surface area contributed by atoms with Crippen LogP contribution in [0.15, 0.2) is 84.9 Å². The molecular weight excluding hydrogens is 422 g/mol. The zero-order chi connectivity index (χ0) is 23.4. The molecule has 0 bridgehead atoms. The molecule has 0 radical (unpaired) electrons. The van der Waals surface area contributed by atoms with E-state index in [0.717, 1.165) is 10.5 Å². The fourth-order valence-electron chi connectivity index (χ4n) is 3.63. The third kappa shape index (κ3) is 4.39. The summed E-state index contributed by atoms with van der Waals surface area (Å²) in [5.41, 5.74) is 1.54. The molecule has 0 N–H and O–H groups in total. The fourth-order valence-corrected chi connectivity index (χ4v) is 3.63. The molecule has 0 saturated carbocycles. The van der Waals surface area contributed by atoms with Crippen LogP contribution in [0.1, 0.15) is 33.2 Å². The van der Waals surface area contributed by atoms with Crippen LogP contribution in [0.3, 0.4) is 0 Å². The Hall–Kier alpha value is -4.26. The normalized spacial score (nSPS) is 17.7. The molecule has 0 spiro atoms. The Morgan fingerprint density at radius 2 is 1.12 bits per heavy atom. The van der Waals surface area contributed by atoms with E-state index in [9.17, 15) is 19.2 Å². The quantitative estimate of drug-likeness (QED) is 0.427. The molecule has 4 rings (SSSR count). The SMILES string of the molecule is CCc1ccccc1N1C(=O)[C@@H](OC(=O)c2ccccc2)[C@@H](OC(=O)c2ccccc2)C1=O. The maximum Gasteiger partial charge on any atom is 0.339 e. The van der Waals surface area contributed by atoms with Crippen molar-refractivity contribution in [2.24, 2.45) is 0 Å². The van der Waals surface area contributed by atoms with Gasteiger partial charge in [0.15, 0.2) is 0 Å². The van der Waals surface area contributed by atoms with Gasteiger partial charge in [0.25, 0.3) is 11.8 Å². The molecule has 1 saturated heterocycles. The van der Waals surface area contributed by atoms with Gasteiger partial charge in [-0.05, 0) is 42.3 Å². The van der Waals surface area contributed by atoms with E-state index in [0.29, 0.717) is 12.1 Å². The number of nitrogens with zero attached hydrogens (tertiary/aromatic N) is 1. The van der Waals surface area contributed by atoms with Gasteiger partial charge < -0.3 is 9.47 Å². The highest BCUT2D eigenvalue weighted by atomic mass is 16.6. The summed E-state index contributed by atoms with van der Waals surface area (Å²) >= 11 is 0. The number of hydrogen-bond acceptors (Lipinski definition) is 6. The van der Waals surface area contributed by atoms with E-state index in [1.165, 1.54) is 24.3 Å². The first-order valence-corrected chi connectivity index (χ1v) is 10.5. The second-order valence-electron chi connectivity index (χ2n) is 7.38. The second kappa shape index (κ2) is 9.48. The van der Waals surface area contributed by atoms with Crippen LogP contribution in [0.2, 0.25) is 0 Å². The Morgan fingerprint density at radius 3 is 1.58 bits per heavy atom. The van der Waals surface area contributed by atoms with E-state index >= 15 is 0 Å². The predicted molar refractivity (Wildman–Crippen MR) is 120 cm³/mol. The topological polar surface area (TPSA) is 90.0 Å². The molecule has 166 valence electrons. The molecule has 0 aromatic heterocycles. The van der Waals surface area contributed by atoms with Crippen LogP contribution in [-0.2, 0) is 25.5 Å². The van der Waals surface area contributed by atoms with Gasteiger partial charge in [0, 0.05) is 0 Å². The number of aryl methyl sites for hydroxylation is 1. The Bertz CT molecular complexity index is 1120. The van der Waals surface area contributed by atoms with Crippen molar-refractivity contribution in [3.63, 3.8) is 0 Å². The predicted octanol–water partition coefficient (Wildman–Crippen LogP) is 3.57. The Kier molecular flexibility index (Phi) is 6.31. The van der Waals surface area contributed by atoms with Gasteiger partial charge in [-0.25, -0.2) is 14.5 Å². The van der Waals surface area contributed by atoms with Crippen molar-refractivity contribution in [3.05, 3.63) is 102 Å². The Labute approximate surface area is 190 Å². The summed E-state index contributed by atoms with van der Waals surface area (Å²) in [4.78, 5) is 52.9. The van der Waals surface area contributed by atoms with Gasteiger partial charge >= 0.3 is 11.9 Å². The summed E-state index contributed by atoms with van der Waals surface area (Å²) in [5.74, 6) is -3.13. The maximum atomic E-state index is 13.3. The molecule has 33 heavy (non-hydrogen) atoms. The van der Waals surface area contributed by atoms with Crippen molar-refractivity contribution in [1.82, 2.24) is 0 Å². The molecule has 1 fully saturated rings. The van der Waals surface area contributed by atoms with Crippen molar-refractivity contribution in [3.8, 4) is 0 Å². The standard InChI is InChI=1S/C26H21NO6/c1-2-17-11-9-10-16-20(17)27-23(28)21(32-25(30)18-12-5-3-6-13-18)22(24(27)29)33-26(31)19-14-7-4-8-15-19/h3-16,21-22H,2H2,1H3/t21-,22+. The Morgan fingerprint density at radius 1 is 0.697 bits per heavy atom. The van der Waals surface area contributed by atoms with E-state index in [2.05, 4.69) is 0 Å². The van der Waals surface area contributed by atoms with Crippen LogP contribution in [0, 0.1) is 0 Å². The Balaban J connectivity index is 1.68. The monoisotopic (exact) mass is 443 g/mol. The number of ether oxygens (including phenoxy) is 2. The molecule has 0 aliphatic carbocycles. The number of amides is 2. The first-order chi connectivity index (χ1) is 16.0. The van der Waals surface area contributed by atoms with Gasteiger partial charge in [-0.15, -0.1) is 0 Å². The molecule has 1 aliphatic rings. The lowest BCUT2D eigenvalue weighted by Crippen LogP contribution is -2.37. The van der Waals surface area contributed by atoms with Crippen LogP contribution in [0.4, 0.5) is 5.69 Å². The minimum Gasteiger partial charge on any atom is -0.444 e. The number of imide groups is 1. The summed E-state index contributed by atoms with van der Waals surface area (Å²) in [6.45, 7) is 1.89. The minimum absolute atomic E-state index is 0.207. The lowest BCUT2D eigenvalue weighted by atomic mass is 10.1. The lowest BCUT2D eigenvalue weighted by molar-refractivity contribution is -0.130. The number of para-hydroxylation sites is 1.